The fourth-order valence-corrected chi connectivity index (χ4v) is 2.06. The monoisotopic (exact) mass is 273 g/mol. The molecular formula is C15H31NO3. The molecule has 0 aliphatic rings. The number of hydrogen-bond acceptors (Lipinski definition) is 3. The number of hydrogen-bond donors (Lipinski definition) is 1. The molecule has 0 aromatic carbocycles. The van der Waals surface area contributed by atoms with Gasteiger partial charge in [-0.3, -0.25) is 4.79 Å². The van der Waals surface area contributed by atoms with E-state index < -0.39 is 5.97 Å². The van der Waals surface area contributed by atoms with Crippen molar-refractivity contribution < 1.29 is 14.6 Å². The Labute approximate surface area is 118 Å². The van der Waals surface area contributed by atoms with Gasteiger partial charge in [-0.25, -0.2) is 0 Å². The average molecular weight is 273 g/mol. The lowest BCUT2D eigenvalue weighted by Gasteiger charge is -2.21. The van der Waals surface area contributed by atoms with E-state index in [9.17, 15) is 4.79 Å². The molecule has 0 amide bonds. The molecule has 0 atom stereocenters. The van der Waals surface area contributed by atoms with Crippen molar-refractivity contribution in [3.8, 4) is 0 Å². The lowest BCUT2D eigenvalue weighted by atomic mass is 10.1. The van der Waals surface area contributed by atoms with Gasteiger partial charge in [0.25, 0.3) is 0 Å². The topological polar surface area (TPSA) is 49.8 Å². The maximum Gasteiger partial charge on any atom is 0.304 e. The van der Waals surface area contributed by atoms with E-state index in [4.69, 9.17) is 9.84 Å². The third-order valence-electron chi connectivity index (χ3n) is 3.19. The number of carbonyl (C=O) groups is 1. The van der Waals surface area contributed by atoms with Crippen molar-refractivity contribution in [3.63, 3.8) is 0 Å². The molecule has 0 saturated carbocycles. The van der Waals surface area contributed by atoms with Gasteiger partial charge < -0.3 is 14.7 Å². The highest BCUT2D eigenvalue weighted by Crippen LogP contribution is 2.05. The molecule has 0 unspecified atom stereocenters. The summed E-state index contributed by atoms with van der Waals surface area (Å²) < 4.78 is 5.32. The average Bonchev–Trinajstić information content (AvgIpc) is 2.39. The summed E-state index contributed by atoms with van der Waals surface area (Å²) in [6.45, 7) is 8.37. The lowest BCUT2D eigenvalue weighted by Crippen LogP contribution is -2.29. The summed E-state index contributed by atoms with van der Waals surface area (Å²) in [4.78, 5) is 12.9. The summed E-state index contributed by atoms with van der Waals surface area (Å²) in [5, 5.41) is 8.76. The number of nitrogens with zero attached hydrogens (tertiary/aromatic N) is 1. The number of carboxylic acids is 1. The van der Waals surface area contributed by atoms with Gasteiger partial charge in [0, 0.05) is 26.3 Å². The minimum absolute atomic E-state index is 0.240. The Bertz CT molecular complexity index is 210. The van der Waals surface area contributed by atoms with E-state index >= 15 is 0 Å². The van der Waals surface area contributed by atoms with Gasteiger partial charge in [0.1, 0.15) is 0 Å². The second-order valence-electron chi connectivity index (χ2n) is 4.95. The van der Waals surface area contributed by atoms with Crippen molar-refractivity contribution in [2.45, 2.75) is 58.8 Å². The molecule has 4 nitrogen and oxygen atoms in total. The molecule has 0 bridgehead atoms. The van der Waals surface area contributed by atoms with E-state index in [0.717, 1.165) is 32.7 Å². The zero-order chi connectivity index (χ0) is 14.3. The first kappa shape index (κ1) is 18.4. The fourth-order valence-electron chi connectivity index (χ4n) is 2.06. The Morgan fingerprint density at radius 2 is 1.68 bits per heavy atom. The molecular weight excluding hydrogens is 242 g/mol. The molecule has 0 rings (SSSR count). The number of aliphatic carboxylic acids is 1. The van der Waals surface area contributed by atoms with Crippen LogP contribution in [0.15, 0.2) is 0 Å². The molecule has 0 heterocycles. The fraction of sp³-hybridized carbons (Fsp3) is 0.933. The Hall–Kier alpha value is -0.610. The summed E-state index contributed by atoms with van der Waals surface area (Å²) in [6, 6.07) is 0. The molecule has 4 heteroatoms. The van der Waals surface area contributed by atoms with Crippen LogP contribution in [-0.4, -0.2) is 48.8 Å². The van der Waals surface area contributed by atoms with Gasteiger partial charge in [-0.2, -0.15) is 0 Å². The second-order valence-corrected chi connectivity index (χ2v) is 4.95. The van der Waals surface area contributed by atoms with Gasteiger partial charge >= 0.3 is 5.97 Å². The van der Waals surface area contributed by atoms with Crippen LogP contribution in [0.2, 0.25) is 0 Å². The number of unbranched alkanes of at least 4 members (excludes halogenated alkanes) is 4. The lowest BCUT2D eigenvalue weighted by molar-refractivity contribution is -0.137. The van der Waals surface area contributed by atoms with Crippen molar-refractivity contribution in [2.24, 2.45) is 0 Å². The van der Waals surface area contributed by atoms with Crippen LogP contribution in [0, 0.1) is 0 Å². The third-order valence-corrected chi connectivity index (χ3v) is 3.19. The van der Waals surface area contributed by atoms with Gasteiger partial charge in [0.15, 0.2) is 0 Å². The van der Waals surface area contributed by atoms with E-state index in [-0.39, 0.29) is 6.42 Å². The Balaban J connectivity index is 3.72. The van der Waals surface area contributed by atoms with Crippen LogP contribution in [0.4, 0.5) is 0 Å². The summed E-state index contributed by atoms with van der Waals surface area (Å²) >= 11 is 0. The number of carboxylic acid groups (broad SMARTS) is 1. The number of rotatable bonds is 14. The summed E-state index contributed by atoms with van der Waals surface area (Å²) in [7, 11) is 0. The first-order valence-corrected chi connectivity index (χ1v) is 7.72. The minimum Gasteiger partial charge on any atom is -0.481 e. The largest absolute Gasteiger partial charge is 0.481 e. The minimum atomic E-state index is -0.708. The van der Waals surface area contributed by atoms with E-state index in [1.807, 2.05) is 6.92 Å². The van der Waals surface area contributed by atoms with Crippen molar-refractivity contribution in [1.29, 1.82) is 0 Å². The molecule has 0 spiro atoms. The molecule has 1 N–H and O–H groups in total. The highest BCUT2D eigenvalue weighted by molar-refractivity contribution is 5.66. The van der Waals surface area contributed by atoms with E-state index in [2.05, 4.69) is 11.8 Å². The second kappa shape index (κ2) is 13.8. The van der Waals surface area contributed by atoms with Gasteiger partial charge in [-0.15, -0.1) is 0 Å². The summed E-state index contributed by atoms with van der Waals surface area (Å²) in [5.74, 6) is -0.708. The quantitative estimate of drug-likeness (QED) is 0.494. The molecule has 0 saturated heterocycles. The maximum atomic E-state index is 10.6. The smallest absolute Gasteiger partial charge is 0.304 e. The molecule has 0 aromatic rings. The van der Waals surface area contributed by atoms with Crippen molar-refractivity contribution >= 4 is 5.97 Å². The van der Waals surface area contributed by atoms with Gasteiger partial charge in [0.2, 0.25) is 0 Å². The zero-order valence-electron chi connectivity index (χ0n) is 12.7. The normalized spacial score (nSPS) is 11.1. The van der Waals surface area contributed by atoms with Crippen LogP contribution in [0.1, 0.15) is 58.8 Å². The molecule has 0 aliphatic carbocycles. The molecule has 0 aromatic heterocycles. The standard InChI is InChI=1S/C15H31NO3/c1-3-5-6-7-8-11-16(13-10-15(17)18)12-9-14-19-4-2/h3-14H2,1-2H3,(H,17,18). The first-order valence-electron chi connectivity index (χ1n) is 7.72. The van der Waals surface area contributed by atoms with Crippen LogP contribution in [0.5, 0.6) is 0 Å². The molecule has 0 fully saturated rings. The third kappa shape index (κ3) is 13.6. The SMILES string of the molecule is CCCCCCCN(CCCOCC)CCC(=O)O. The zero-order valence-corrected chi connectivity index (χ0v) is 12.7. The summed E-state index contributed by atoms with van der Waals surface area (Å²) in [6.07, 6.45) is 7.52. The van der Waals surface area contributed by atoms with E-state index in [0.29, 0.717) is 6.54 Å². The van der Waals surface area contributed by atoms with Gasteiger partial charge in [-0.1, -0.05) is 32.6 Å². The van der Waals surface area contributed by atoms with Gasteiger partial charge in [-0.05, 0) is 26.3 Å². The Morgan fingerprint density at radius 1 is 1.00 bits per heavy atom. The predicted octanol–water partition coefficient (Wildman–Crippen LogP) is 3.16. The van der Waals surface area contributed by atoms with E-state index in [1.54, 1.807) is 0 Å². The molecule has 114 valence electrons. The van der Waals surface area contributed by atoms with Crippen LogP contribution in [-0.2, 0) is 9.53 Å². The Morgan fingerprint density at radius 3 is 2.32 bits per heavy atom. The number of ether oxygens (including phenoxy) is 1. The van der Waals surface area contributed by atoms with Crippen LogP contribution < -0.4 is 0 Å². The van der Waals surface area contributed by atoms with Crippen molar-refractivity contribution in [1.82, 2.24) is 4.90 Å². The van der Waals surface area contributed by atoms with E-state index in [1.165, 1.54) is 32.1 Å². The predicted molar refractivity (Wildman–Crippen MR) is 78.6 cm³/mol. The van der Waals surface area contributed by atoms with Crippen molar-refractivity contribution in [2.75, 3.05) is 32.8 Å². The van der Waals surface area contributed by atoms with Crippen LogP contribution >= 0.6 is 0 Å². The highest BCUT2D eigenvalue weighted by atomic mass is 16.5. The van der Waals surface area contributed by atoms with Crippen molar-refractivity contribution in [3.05, 3.63) is 0 Å². The van der Waals surface area contributed by atoms with Crippen LogP contribution in [0.25, 0.3) is 0 Å². The highest BCUT2D eigenvalue weighted by Gasteiger charge is 2.07. The summed E-state index contributed by atoms with van der Waals surface area (Å²) in [5.41, 5.74) is 0. The first-order chi connectivity index (χ1) is 9.20. The van der Waals surface area contributed by atoms with Gasteiger partial charge in [0.05, 0.1) is 6.42 Å². The molecule has 0 radical (unpaired) electrons. The van der Waals surface area contributed by atoms with Crippen LogP contribution in [0.3, 0.4) is 0 Å². The molecule has 0 aliphatic heterocycles. The molecule has 19 heavy (non-hydrogen) atoms. The maximum absolute atomic E-state index is 10.6. The Kier molecular flexibility index (Phi) is 13.4.